The molecule has 0 saturated carbocycles. The van der Waals surface area contributed by atoms with Gasteiger partial charge in [-0.05, 0) is 31.4 Å². The van der Waals surface area contributed by atoms with E-state index in [-0.39, 0.29) is 11.9 Å². The Morgan fingerprint density at radius 2 is 2.00 bits per heavy atom. The lowest BCUT2D eigenvalue weighted by Gasteiger charge is -2.27. The van der Waals surface area contributed by atoms with Crippen LogP contribution in [0.5, 0.6) is 0 Å². The number of nitrogens with one attached hydrogen (secondary N) is 1. The zero-order valence-electron chi connectivity index (χ0n) is 14.5. The second-order valence-corrected chi connectivity index (χ2v) is 6.70. The molecule has 1 atom stereocenters. The van der Waals surface area contributed by atoms with Crippen LogP contribution in [-0.4, -0.2) is 43.2 Å². The van der Waals surface area contributed by atoms with Crippen molar-refractivity contribution in [1.29, 1.82) is 0 Å². The van der Waals surface area contributed by atoms with E-state index >= 15 is 0 Å². The number of ether oxygens (including phenoxy) is 1. The number of morpholine rings is 1. The molecule has 5 heteroatoms. The van der Waals surface area contributed by atoms with Crippen LogP contribution < -0.4 is 10.2 Å². The molecule has 1 aromatic rings. The molecule has 2 rings (SSSR count). The van der Waals surface area contributed by atoms with E-state index in [1.165, 1.54) is 6.42 Å². The van der Waals surface area contributed by atoms with E-state index in [2.05, 4.69) is 36.0 Å². The van der Waals surface area contributed by atoms with Gasteiger partial charge in [0.1, 0.15) is 5.82 Å². The van der Waals surface area contributed by atoms with Gasteiger partial charge in [0.05, 0.1) is 18.8 Å². The summed E-state index contributed by atoms with van der Waals surface area (Å²) in [5, 5.41) is 3.06. The molecule has 0 spiro atoms. The van der Waals surface area contributed by atoms with E-state index in [4.69, 9.17) is 4.74 Å². The maximum atomic E-state index is 12.3. The van der Waals surface area contributed by atoms with Gasteiger partial charge in [0.25, 0.3) is 5.91 Å². The standard InChI is InChI=1S/C18H29N3O2/c1-14(2)5-4-6-15(3)20-18(22)16-7-8-17(19-13-16)21-9-11-23-12-10-21/h7-8,13-15H,4-6,9-12H2,1-3H3,(H,20,22). The average Bonchev–Trinajstić information content (AvgIpc) is 2.55. The van der Waals surface area contributed by atoms with Crippen molar-refractivity contribution in [3.8, 4) is 0 Å². The first kappa shape index (κ1) is 17.7. The maximum absolute atomic E-state index is 12.3. The van der Waals surface area contributed by atoms with Gasteiger partial charge in [-0.1, -0.05) is 26.7 Å². The third-order valence-electron chi connectivity index (χ3n) is 4.14. The second kappa shape index (κ2) is 8.87. The van der Waals surface area contributed by atoms with Gasteiger partial charge in [-0.25, -0.2) is 4.98 Å². The topological polar surface area (TPSA) is 54.5 Å². The van der Waals surface area contributed by atoms with Crippen LogP contribution in [0.15, 0.2) is 18.3 Å². The molecule has 5 nitrogen and oxygen atoms in total. The molecule has 1 aliphatic rings. The smallest absolute Gasteiger partial charge is 0.253 e. The summed E-state index contributed by atoms with van der Waals surface area (Å²) in [5.41, 5.74) is 0.623. The Kier molecular flexibility index (Phi) is 6.84. The van der Waals surface area contributed by atoms with Crippen molar-refractivity contribution in [2.24, 2.45) is 5.92 Å². The summed E-state index contributed by atoms with van der Waals surface area (Å²) in [4.78, 5) is 18.9. The van der Waals surface area contributed by atoms with E-state index in [9.17, 15) is 4.79 Å². The molecular formula is C18H29N3O2. The molecule has 1 aromatic heterocycles. The Hall–Kier alpha value is -1.62. The van der Waals surface area contributed by atoms with Crippen molar-refractivity contribution >= 4 is 11.7 Å². The van der Waals surface area contributed by atoms with Crippen molar-refractivity contribution in [3.63, 3.8) is 0 Å². The lowest BCUT2D eigenvalue weighted by atomic mass is 10.0. The van der Waals surface area contributed by atoms with Crippen LogP contribution in [0.2, 0.25) is 0 Å². The number of rotatable bonds is 7. The van der Waals surface area contributed by atoms with Crippen LogP contribution >= 0.6 is 0 Å². The Morgan fingerprint density at radius 3 is 2.61 bits per heavy atom. The fourth-order valence-corrected chi connectivity index (χ4v) is 2.71. The third kappa shape index (κ3) is 5.82. The van der Waals surface area contributed by atoms with Crippen LogP contribution in [0.1, 0.15) is 50.4 Å². The molecule has 1 saturated heterocycles. The minimum Gasteiger partial charge on any atom is -0.378 e. The summed E-state index contributed by atoms with van der Waals surface area (Å²) in [6.45, 7) is 9.69. The molecular weight excluding hydrogens is 290 g/mol. The first-order valence-corrected chi connectivity index (χ1v) is 8.66. The fourth-order valence-electron chi connectivity index (χ4n) is 2.71. The highest BCUT2D eigenvalue weighted by Gasteiger charge is 2.14. The Balaban J connectivity index is 1.82. The van der Waals surface area contributed by atoms with Crippen LogP contribution in [0.25, 0.3) is 0 Å². The number of hydrogen-bond acceptors (Lipinski definition) is 4. The van der Waals surface area contributed by atoms with Crippen molar-refractivity contribution < 1.29 is 9.53 Å². The summed E-state index contributed by atoms with van der Waals surface area (Å²) < 4.78 is 5.34. The molecule has 1 N–H and O–H groups in total. The van der Waals surface area contributed by atoms with E-state index in [0.717, 1.165) is 50.9 Å². The number of nitrogens with zero attached hydrogens (tertiary/aromatic N) is 2. The highest BCUT2D eigenvalue weighted by atomic mass is 16.5. The highest BCUT2D eigenvalue weighted by Crippen LogP contribution is 2.13. The monoisotopic (exact) mass is 319 g/mol. The van der Waals surface area contributed by atoms with Gasteiger partial charge in [0.2, 0.25) is 0 Å². The number of anilines is 1. The summed E-state index contributed by atoms with van der Waals surface area (Å²) in [5.74, 6) is 1.59. The van der Waals surface area contributed by atoms with Gasteiger partial charge in [0.15, 0.2) is 0 Å². The number of carbonyl (C=O) groups is 1. The molecule has 0 aliphatic carbocycles. The zero-order chi connectivity index (χ0) is 16.7. The van der Waals surface area contributed by atoms with E-state index in [0.29, 0.717) is 5.56 Å². The minimum atomic E-state index is -0.0388. The van der Waals surface area contributed by atoms with E-state index in [1.54, 1.807) is 6.20 Å². The minimum absolute atomic E-state index is 0.0388. The number of hydrogen-bond donors (Lipinski definition) is 1. The van der Waals surface area contributed by atoms with Crippen molar-refractivity contribution in [2.75, 3.05) is 31.2 Å². The summed E-state index contributed by atoms with van der Waals surface area (Å²) in [6.07, 6.45) is 5.04. The van der Waals surface area contributed by atoms with Crippen LogP contribution in [0.3, 0.4) is 0 Å². The summed E-state index contributed by atoms with van der Waals surface area (Å²) in [6, 6.07) is 3.97. The number of pyridine rings is 1. The number of aromatic nitrogens is 1. The predicted octanol–water partition coefficient (Wildman–Crippen LogP) is 2.86. The van der Waals surface area contributed by atoms with Gasteiger partial charge in [-0.3, -0.25) is 4.79 Å². The average molecular weight is 319 g/mol. The van der Waals surface area contributed by atoms with E-state index < -0.39 is 0 Å². The van der Waals surface area contributed by atoms with Crippen LogP contribution in [0.4, 0.5) is 5.82 Å². The Morgan fingerprint density at radius 1 is 1.26 bits per heavy atom. The third-order valence-corrected chi connectivity index (χ3v) is 4.14. The van der Waals surface area contributed by atoms with Crippen molar-refractivity contribution in [1.82, 2.24) is 10.3 Å². The molecule has 0 bridgehead atoms. The predicted molar refractivity (Wildman–Crippen MR) is 92.9 cm³/mol. The Bertz CT molecular complexity index is 482. The summed E-state index contributed by atoms with van der Waals surface area (Å²) >= 11 is 0. The molecule has 1 aliphatic heterocycles. The normalized spacial score (nSPS) is 16.4. The molecule has 0 radical (unpaired) electrons. The molecule has 23 heavy (non-hydrogen) atoms. The van der Waals surface area contributed by atoms with Crippen LogP contribution in [0, 0.1) is 5.92 Å². The number of amides is 1. The van der Waals surface area contributed by atoms with Crippen LogP contribution in [-0.2, 0) is 4.74 Å². The molecule has 128 valence electrons. The lowest BCUT2D eigenvalue weighted by molar-refractivity contribution is 0.0937. The largest absolute Gasteiger partial charge is 0.378 e. The van der Waals surface area contributed by atoms with Gasteiger partial charge in [-0.2, -0.15) is 0 Å². The first-order chi connectivity index (χ1) is 11.1. The fraction of sp³-hybridized carbons (Fsp3) is 0.667. The second-order valence-electron chi connectivity index (χ2n) is 6.70. The molecule has 1 unspecified atom stereocenters. The van der Waals surface area contributed by atoms with Gasteiger partial charge in [0, 0.05) is 25.3 Å². The van der Waals surface area contributed by atoms with Gasteiger partial charge in [-0.15, -0.1) is 0 Å². The van der Waals surface area contributed by atoms with Crippen molar-refractivity contribution in [2.45, 2.75) is 46.1 Å². The molecule has 1 amide bonds. The van der Waals surface area contributed by atoms with E-state index in [1.807, 2.05) is 12.1 Å². The quantitative estimate of drug-likeness (QED) is 0.839. The van der Waals surface area contributed by atoms with Gasteiger partial charge >= 0.3 is 0 Å². The molecule has 0 aromatic carbocycles. The van der Waals surface area contributed by atoms with Gasteiger partial charge < -0.3 is 15.0 Å². The maximum Gasteiger partial charge on any atom is 0.253 e. The molecule has 2 heterocycles. The lowest BCUT2D eigenvalue weighted by Crippen LogP contribution is -2.37. The first-order valence-electron chi connectivity index (χ1n) is 8.66. The Labute approximate surface area is 139 Å². The van der Waals surface area contributed by atoms with Crippen molar-refractivity contribution in [3.05, 3.63) is 23.9 Å². The SMILES string of the molecule is CC(C)CCCC(C)NC(=O)c1ccc(N2CCOCC2)nc1. The summed E-state index contributed by atoms with van der Waals surface area (Å²) in [7, 11) is 0. The molecule has 1 fully saturated rings. The highest BCUT2D eigenvalue weighted by molar-refractivity contribution is 5.94. The zero-order valence-corrected chi connectivity index (χ0v) is 14.5. The number of carbonyl (C=O) groups excluding carboxylic acids is 1.